The highest BCUT2D eigenvalue weighted by molar-refractivity contribution is 8.01. The maximum atomic E-state index is 11.6. The highest BCUT2D eigenvalue weighted by atomic mass is 32.2. The van der Waals surface area contributed by atoms with Crippen LogP contribution in [0.2, 0.25) is 0 Å². The van der Waals surface area contributed by atoms with Crippen molar-refractivity contribution in [1.82, 2.24) is 10.2 Å². The number of ketones is 1. The molecule has 0 aliphatic heterocycles. The topological polar surface area (TPSA) is 95.4 Å². The van der Waals surface area contributed by atoms with Crippen LogP contribution in [0.5, 0.6) is 5.75 Å². The van der Waals surface area contributed by atoms with E-state index in [1.807, 2.05) is 6.92 Å². The molecular formula is C16H20N2O4S3. The predicted molar refractivity (Wildman–Crippen MR) is 101 cm³/mol. The highest BCUT2D eigenvalue weighted by Gasteiger charge is 2.12. The van der Waals surface area contributed by atoms with Gasteiger partial charge in [0.05, 0.1) is 6.10 Å². The van der Waals surface area contributed by atoms with Gasteiger partial charge in [0.25, 0.3) is 0 Å². The molecule has 2 aromatic rings. The Morgan fingerprint density at radius 1 is 1.52 bits per heavy atom. The summed E-state index contributed by atoms with van der Waals surface area (Å²) >= 11 is 7.75. The van der Waals surface area contributed by atoms with Crippen molar-refractivity contribution in [3.8, 4) is 5.75 Å². The largest absolute Gasteiger partial charge is 0.491 e. The van der Waals surface area contributed by atoms with Crippen LogP contribution in [-0.2, 0) is 6.42 Å². The van der Waals surface area contributed by atoms with Gasteiger partial charge in [-0.1, -0.05) is 36.4 Å². The van der Waals surface area contributed by atoms with E-state index < -0.39 is 12.7 Å². The molecule has 1 aromatic carbocycles. The molecule has 1 aromatic heterocycles. The van der Waals surface area contributed by atoms with Gasteiger partial charge in [0, 0.05) is 11.3 Å². The molecule has 25 heavy (non-hydrogen) atoms. The van der Waals surface area contributed by atoms with Gasteiger partial charge in [-0.25, -0.2) is 0 Å². The number of hydrogen-bond donors (Lipinski definition) is 3. The summed E-state index contributed by atoms with van der Waals surface area (Å²) < 4.78 is 7.12. The molecule has 0 amide bonds. The van der Waals surface area contributed by atoms with Gasteiger partial charge in [-0.15, -0.1) is 0 Å². The Hall–Kier alpha value is -1.26. The molecule has 2 rings (SSSR count). The molecule has 0 bridgehead atoms. The number of nitrogens with zero attached hydrogens (tertiary/aromatic N) is 1. The maximum Gasteiger partial charge on any atom is 0.188 e. The average molecular weight is 401 g/mol. The van der Waals surface area contributed by atoms with Crippen molar-refractivity contribution in [3.05, 3.63) is 33.3 Å². The number of nitrogens with one attached hydrogen (secondary N) is 1. The van der Waals surface area contributed by atoms with E-state index in [9.17, 15) is 9.90 Å². The number of ether oxygens (including phenoxy) is 1. The third-order valence-corrected chi connectivity index (χ3v) is 5.67. The Morgan fingerprint density at radius 3 is 2.96 bits per heavy atom. The third kappa shape index (κ3) is 6.19. The van der Waals surface area contributed by atoms with Crippen molar-refractivity contribution in [1.29, 1.82) is 0 Å². The fourth-order valence-electron chi connectivity index (χ4n) is 2.13. The second-order valence-corrected chi connectivity index (χ2v) is 8.24. The van der Waals surface area contributed by atoms with E-state index in [1.165, 1.54) is 23.1 Å². The summed E-state index contributed by atoms with van der Waals surface area (Å²) in [7, 11) is 0. The van der Waals surface area contributed by atoms with Crippen LogP contribution < -0.4 is 4.74 Å². The zero-order chi connectivity index (χ0) is 18.2. The first kappa shape index (κ1) is 20.1. The summed E-state index contributed by atoms with van der Waals surface area (Å²) in [4.78, 5) is 11.6. The molecule has 1 heterocycles. The number of thioether (sulfide) groups is 1. The SMILES string of the molecule is CCCc1cc(C(=O)CO)ccc1OCC(O)CSc1n[nH]c(=S)s1. The van der Waals surface area contributed by atoms with Gasteiger partial charge < -0.3 is 14.9 Å². The zero-order valence-electron chi connectivity index (χ0n) is 13.7. The first-order valence-electron chi connectivity index (χ1n) is 7.79. The van der Waals surface area contributed by atoms with Crippen LogP contribution >= 0.6 is 35.3 Å². The minimum atomic E-state index is -0.657. The average Bonchev–Trinajstić information content (AvgIpc) is 3.03. The summed E-state index contributed by atoms with van der Waals surface area (Å²) in [6.45, 7) is 1.67. The van der Waals surface area contributed by atoms with E-state index >= 15 is 0 Å². The number of rotatable bonds is 10. The molecule has 9 heteroatoms. The van der Waals surface area contributed by atoms with Crippen molar-refractivity contribution in [3.63, 3.8) is 0 Å². The Labute approximate surface area is 159 Å². The van der Waals surface area contributed by atoms with Gasteiger partial charge in [-0.2, -0.15) is 5.10 Å². The lowest BCUT2D eigenvalue weighted by atomic mass is 10.0. The number of H-pyrrole nitrogens is 1. The minimum Gasteiger partial charge on any atom is -0.491 e. The molecule has 0 spiro atoms. The Kier molecular flexibility index (Phi) is 8.04. The Bertz CT molecular complexity index is 760. The van der Waals surface area contributed by atoms with E-state index in [2.05, 4.69) is 10.2 Å². The molecule has 136 valence electrons. The van der Waals surface area contributed by atoms with Crippen LogP contribution in [-0.4, -0.2) is 51.3 Å². The van der Waals surface area contributed by atoms with Crippen LogP contribution in [0.4, 0.5) is 0 Å². The first-order chi connectivity index (χ1) is 12.0. The van der Waals surface area contributed by atoms with Crippen LogP contribution in [0, 0.1) is 3.95 Å². The summed E-state index contributed by atoms with van der Waals surface area (Å²) in [6.07, 6.45) is 0.995. The fraction of sp³-hybridized carbons (Fsp3) is 0.438. The quantitative estimate of drug-likeness (QED) is 0.321. The normalized spacial score (nSPS) is 12.1. The van der Waals surface area contributed by atoms with E-state index in [1.54, 1.807) is 18.2 Å². The smallest absolute Gasteiger partial charge is 0.188 e. The number of Topliss-reactive ketones (excluding diaryl/α,β-unsaturated/α-hetero) is 1. The molecule has 1 atom stereocenters. The lowest BCUT2D eigenvalue weighted by molar-refractivity contribution is 0.0903. The number of aliphatic hydroxyl groups is 2. The highest BCUT2D eigenvalue weighted by Crippen LogP contribution is 2.24. The number of benzene rings is 1. The van der Waals surface area contributed by atoms with Crippen LogP contribution in [0.15, 0.2) is 22.5 Å². The molecule has 0 radical (unpaired) electrons. The van der Waals surface area contributed by atoms with Crippen LogP contribution in [0.25, 0.3) is 0 Å². The molecule has 0 aliphatic rings. The van der Waals surface area contributed by atoms with Crippen LogP contribution in [0.3, 0.4) is 0 Å². The standard InChI is InChI=1S/C16H20N2O4S3/c1-2-3-11-6-10(13(21)7-19)4-5-14(11)22-8-12(20)9-24-16-18-17-15(23)25-16/h4-6,12,19-20H,2-3,7-9H2,1H3,(H,17,23). The number of aryl methyl sites for hydroxylation is 1. The van der Waals surface area contributed by atoms with E-state index in [4.69, 9.17) is 22.1 Å². The third-order valence-electron chi connectivity index (χ3n) is 3.29. The van der Waals surface area contributed by atoms with Gasteiger partial charge >= 0.3 is 0 Å². The van der Waals surface area contributed by atoms with E-state index in [0.717, 1.165) is 22.7 Å². The Morgan fingerprint density at radius 2 is 2.32 bits per heavy atom. The zero-order valence-corrected chi connectivity index (χ0v) is 16.2. The minimum absolute atomic E-state index is 0.146. The van der Waals surface area contributed by atoms with E-state index in [0.29, 0.717) is 21.0 Å². The number of hydrogen-bond acceptors (Lipinski definition) is 8. The molecule has 1 unspecified atom stereocenters. The molecule has 3 N–H and O–H groups in total. The first-order valence-corrected chi connectivity index (χ1v) is 10.0. The van der Waals surface area contributed by atoms with Crippen molar-refractivity contribution in [2.24, 2.45) is 0 Å². The summed E-state index contributed by atoms with van der Waals surface area (Å²) in [5.41, 5.74) is 1.36. The summed E-state index contributed by atoms with van der Waals surface area (Å²) in [5.74, 6) is 0.776. The van der Waals surface area contributed by atoms with Crippen molar-refractivity contribution in [2.45, 2.75) is 30.2 Å². The van der Waals surface area contributed by atoms with Crippen molar-refractivity contribution >= 4 is 41.1 Å². The lowest BCUT2D eigenvalue weighted by Gasteiger charge is -2.15. The number of carbonyl (C=O) groups is 1. The number of aromatic amines is 1. The van der Waals surface area contributed by atoms with Gasteiger partial charge in [0.15, 0.2) is 14.1 Å². The van der Waals surface area contributed by atoms with Gasteiger partial charge in [-0.3, -0.25) is 9.89 Å². The van der Waals surface area contributed by atoms with Gasteiger partial charge in [-0.05, 0) is 42.4 Å². The molecule has 0 saturated heterocycles. The second-order valence-electron chi connectivity index (χ2n) is 5.31. The summed E-state index contributed by atoms with van der Waals surface area (Å²) in [6, 6.07) is 5.09. The molecule has 0 aliphatic carbocycles. The number of aromatic nitrogens is 2. The monoisotopic (exact) mass is 400 g/mol. The lowest BCUT2D eigenvalue weighted by Crippen LogP contribution is -2.20. The predicted octanol–water partition coefficient (Wildman–Crippen LogP) is 2.86. The van der Waals surface area contributed by atoms with Crippen molar-refractivity contribution < 1.29 is 19.7 Å². The van der Waals surface area contributed by atoms with E-state index in [-0.39, 0.29) is 12.4 Å². The molecule has 6 nitrogen and oxygen atoms in total. The van der Waals surface area contributed by atoms with Gasteiger partial charge in [0.1, 0.15) is 19.0 Å². The summed E-state index contributed by atoms with van der Waals surface area (Å²) in [5, 5.41) is 25.8. The fourth-order valence-corrected chi connectivity index (χ4v) is 4.14. The molecular weight excluding hydrogens is 380 g/mol. The molecule has 0 saturated carbocycles. The number of carbonyl (C=O) groups excluding carboxylic acids is 1. The van der Waals surface area contributed by atoms with Crippen molar-refractivity contribution in [2.75, 3.05) is 19.0 Å². The second kappa shape index (κ2) is 10.0. The number of aliphatic hydroxyl groups excluding tert-OH is 2. The maximum absolute atomic E-state index is 11.6. The van der Waals surface area contributed by atoms with Crippen LogP contribution in [0.1, 0.15) is 29.3 Å². The van der Waals surface area contributed by atoms with Gasteiger partial charge in [0.2, 0.25) is 0 Å². The molecule has 0 fully saturated rings. The Balaban J connectivity index is 1.93.